The maximum Gasteiger partial charge on any atom is 0.432 e. The Labute approximate surface area is 109 Å². The van der Waals surface area contributed by atoms with Crippen LogP contribution in [0.2, 0.25) is 0 Å². The fraction of sp³-hybridized carbons (Fsp3) is 0.417. The van der Waals surface area contributed by atoms with E-state index in [0.29, 0.717) is 0 Å². The average molecular weight is 299 g/mol. The van der Waals surface area contributed by atoms with Crippen LogP contribution < -0.4 is 0 Å². The summed E-state index contributed by atoms with van der Waals surface area (Å²) in [6.45, 7) is 0. The van der Waals surface area contributed by atoms with Crippen LogP contribution in [-0.2, 0) is 0 Å². The van der Waals surface area contributed by atoms with Crippen molar-refractivity contribution in [2.24, 2.45) is 0 Å². The van der Waals surface area contributed by atoms with Gasteiger partial charge in [0.15, 0.2) is 0 Å². The smallest absolute Gasteiger partial charge is 0.223 e. The topological polar surface area (TPSA) is 23.8 Å². The molecule has 1 aromatic carbocycles. The monoisotopic (exact) mass is 299 g/mol. The minimum atomic E-state index is -6.18. The predicted molar refractivity (Wildman–Crippen MR) is 55.4 cm³/mol. The van der Waals surface area contributed by atoms with Crippen molar-refractivity contribution >= 4 is 0 Å². The van der Waals surface area contributed by atoms with Gasteiger partial charge in [-0.1, -0.05) is 30.3 Å². The molecule has 0 bridgehead atoms. The molecule has 0 fully saturated rings. The van der Waals surface area contributed by atoms with E-state index >= 15 is 0 Å². The number of benzene rings is 1. The molecule has 0 aliphatic carbocycles. The number of nitriles is 1. The van der Waals surface area contributed by atoms with E-state index in [4.69, 9.17) is 5.26 Å². The fourth-order valence-corrected chi connectivity index (χ4v) is 1.82. The molecule has 8 heteroatoms. The predicted octanol–water partition coefficient (Wildman–Crippen LogP) is 4.52. The molecule has 1 unspecified atom stereocenters. The second-order valence-electron chi connectivity index (χ2n) is 4.03. The minimum Gasteiger partial charge on any atom is -0.223 e. The average Bonchev–Trinajstić information content (AvgIpc) is 2.33. The van der Waals surface area contributed by atoms with Crippen LogP contribution in [0.1, 0.15) is 17.9 Å². The Hall–Kier alpha value is -1.78. The van der Waals surface area contributed by atoms with Crippen molar-refractivity contribution < 1.29 is 30.7 Å². The van der Waals surface area contributed by atoms with Gasteiger partial charge in [0, 0.05) is 12.3 Å². The van der Waals surface area contributed by atoms with Gasteiger partial charge in [0.1, 0.15) is 0 Å². The Kier molecular flexibility index (Phi) is 4.32. The number of alkyl halides is 7. The second-order valence-corrected chi connectivity index (χ2v) is 4.03. The highest BCUT2D eigenvalue weighted by Crippen LogP contribution is 2.54. The van der Waals surface area contributed by atoms with E-state index in [1.165, 1.54) is 24.3 Å². The van der Waals surface area contributed by atoms with Gasteiger partial charge in [0.25, 0.3) is 0 Å². The molecule has 1 atom stereocenters. The van der Waals surface area contributed by atoms with Gasteiger partial charge >= 0.3 is 18.0 Å². The molecule has 20 heavy (non-hydrogen) atoms. The van der Waals surface area contributed by atoms with Gasteiger partial charge in [-0.2, -0.15) is 31.6 Å². The van der Waals surface area contributed by atoms with Crippen molar-refractivity contribution in [1.29, 1.82) is 5.26 Å². The lowest BCUT2D eigenvalue weighted by atomic mass is 9.80. The van der Waals surface area contributed by atoms with E-state index in [1.807, 2.05) is 0 Å². The van der Waals surface area contributed by atoms with Crippen molar-refractivity contribution in [3.8, 4) is 6.07 Å². The normalized spacial score (nSPS) is 14.7. The molecular formula is C12H8F7N. The number of hydrogen-bond donors (Lipinski definition) is 0. The Morgan fingerprint density at radius 2 is 1.35 bits per heavy atom. The summed E-state index contributed by atoms with van der Waals surface area (Å²) < 4.78 is 89.9. The van der Waals surface area contributed by atoms with E-state index in [2.05, 4.69) is 0 Å². The largest absolute Gasteiger partial charge is 0.432 e. The van der Waals surface area contributed by atoms with E-state index < -0.39 is 35.9 Å². The summed E-state index contributed by atoms with van der Waals surface area (Å²) in [6.07, 6.45) is -13.6. The maximum atomic E-state index is 13.9. The summed E-state index contributed by atoms with van der Waals surface area (Å²) in [7, 11) is 0. The van der Waals surface area contributed by atoms with Crippen LogP contribution in [0.4, 0.5) is 30.7 Å². The van der Waals surface area contributed by atoms with Gasteiger partial charge in [-0.25, -0.2) is 4.39 Å². The summed E-state index contributed by atoms with van der Waals surface area (Å²) in [6, 6.07) is 6.73. The number of hydrogen-bond acceptors (Lipinski definition) is 1. The minimum absolute atomic E-state index is 0.536. The zero-order valence-corrected chi connectivity index (χ0v) is 9.76. The van der Waals surface area contributed by atoms with E-state index in [-0.39, 0.29) is 0 Å². The molecule has 0 heterocycles. The molecule has 110 valence electrons. The van der Waals surface area contributed by atoms with E-state index in [9.17, 15) is 30.7 Å². The van der Waals surface area contributed by atoms with Crippen molar-refractivity contribution in [3.63, 3.8) is 0 Å². The highest BCUT2D eigenvalue weighted by atomic mass is 19.4. The van der Waals surface area contributed by atoms with Crippen molar-refractivity contribution in [2.75, 3.05) is 0 Å². The third kappa shape index (κ3) is 2.71. The summed E-state index contributed by atoms with van der Waals surface area (Å²) >= 11 is 0. The fourth-order valence-electron chi connectivity index (χ4n) is 1.82. The quantitative estimate of drug-likeness (QED) is 0.753. The van der Waals surface area contributed by atoms with Crippen molar-refractivity contribution in [2.45, 2.75) is 30.4 Å². The standard InChI is InChI=1S/C12H8F7N/c13-10(11(14,15)16,12(17,18)19)9(6-7-20)8-4-2-1-3-5-8/h1-5,9H,6H2. The van der Waals surface area contributed by atoms with E-state index in [1.54, 1.807) is 0 Å². The lowest BCUT2D eigenvalue weighted by molar-refractivity contribution is -0.348. The highest BCUT2D eigenvalue weighted by molar-refractivity contribution is 5.27. The number of halogens is 7. The first-order valence-electron chi connectivity index (χ1n) is 5.30. The van der Waals surface area contributed by atoms with Gasteiger partial charge < -0.3 is 0 Å². The Bertz CT molecular complexity index is 469. The van der Waals surface area contributed by atoms with Gasteiger partial charge in [-0.05, 0) is 5.56 Å². The summed E-state index contributed by atoms with van der Waals surface area (Å²) in [5.41, 5.74) is -6.01. The molecule has 1 nitrogen and oxygen atoms in total. The van der Waals surface area contributed by atoms with Gasteiger partial charge in [-0.3, -0.25) is 0 Å². The van der Waals surface area contributed by atoms with Crippen LogP contribution in [0.25, 0.3) is 0 Å². The summed E-state index contributed by atoms with van der Waals surface area (Å²) in [4.78, 5) is 0. The summed E-state index contributed by atoms with van der Waals surface area (Å²) in [5.74, 6) is -2.67. The Balaban J connectivity index is 3.47. The van der Waals surface area contributed by atoms with Crippen LogP contribution in [0, 0.1) is 11.3 Å². The van der Waals surface area contributed by atoms with Crippen LogP contribution >= 0.6 is 0 Å². The molecule has 0 spiro atoms. The van der Waals surface area contributed by atoms with Gasteiger partial charge in [0.2, 0.25) is 0 Å². The zero-order chi connectivity index (χ0) is 15.6. The molecule has 0 saturated carbocycles. The molecule has 0 aliphatic rings. The lowest BCUT2D eigenvalue weighted by Gasteiger charge is -2.35. The first-order chi connectivity index (χ1) is 9.05. The molecule has 0 N–H and O–H groups in total. The molecule has 0 aliphatic heterocycles. The van der Waals surface area contributed by atoms with Crippen LogP contribution in [0.5, 0.6) is 0 Å². The zero-order valence-electron chi connectivity index (χ0n) is 9.76. The molecule has 0 saturated heterocycles. The van der Waals surface area contributed by atoms with Crippen molar-refractivity contribution in [1.82, 2.24) is 0 Å². The number of rotatable bonds is 3. The number of nitrogens with zero attached hydrogens (tertiary/aromatic N) is 1. The van der Waals surface area contributed by atoms with Crippen LogP contribution in [0.3, 0.4) is 0 Å². The van der Waals surface area contributed by atoms with Gasteiger partial charge in [-0.15, -0.1) is 0 Å². The summed E-state index contributed by atoms with van der Waals surface area (Å²) in [5, 5.41) is 8.44. The molecular weight excluding hydrogens is 291 g/mol. The third-order valence-electron chi connectivity index (χ3n) is 2.80. The molecule has 0 radical (unpaired) electrons. The lowest BCUT2D eigenvalue weighted by Crippen LogP contribution is -2.57. The molecule has 1 aromatic rings. The SMILES string of the molecule is N#CCC(c1ccccc1)C(F)(C(F)(F)F)C(F)(F)F. The molecule has 0 aromatic heterocycles. The van der Waals surface area contributed by atoms with Crippen LogP contribution in [-0.4, -0.2) is 18.0 Å². The van der Waals surface area contributed by atoms with Crippen LogP contribution in [0.15, 0.2) is 30.3 Å². The Morgan fingerprint density at radius 1 is 0.900 bits per heavy atom. The first-order valence-corrected chi connectivity index (χ1v) is 5.30. The van der Waals surface area contributed by atoms with Crippen molar-refractivity contribution in [3.05, 3.63) is 35.9 Å². The first kappa shape index (κ1) is 16.3. The second kappa shape index (κ2) is 5.31. The molecule has 1 rings (SSSR count). The third-order valence-corrected chi connectivity index (χ3v) is 2.80. The van der Waals surface area contributed by atoms with E-state index in [0.717, 1.165) is 12.1 Å². The highest BCUT2D eigenvalue weighted by Gasteiger charge is 2.75. The maximum absolute atomic E-state index is 13.9. The Morgan fingerprint density at radius 3 is 1.70 bits per heavy atom. The molecule has 0 amide bonds. The van der Waals surface area contributed by atoms with Gasteiger partial charge in [0.05, 0.1) is 6.07 Å².